The zero-order valence-electron chi connectivity index (χ0n) is 32.2. The number of rotatable bonds is 9. The Balaban J connectivity index is 1.06. The first-order valence-electron chi connectivity index (χ1n) is 19.3. The molecule has 1 amide bonds. The summed E-state index contributed by atoms with van der Waals surface area (Å²) in [7, 11) is 0. The molecule has 11 nitrogen and oxygen atoms in total. The third kappa shape index (κ3) is 5.80. The van der Waals surface area contributed by atoms with Crippen molar-refractivity contribution in [3.05, 3.63) is 125 Å². The fourth-order valence-electron chi connectivity index (χ4n) is 8.66. The van der Waals surface area contributed by atoms with Gasteiger partial charge in [0, 0.05) is 29.2 Å². The molecule has 2 unspecified atom stereocenters. The van der Waals surface area contributed by atoms with Gasteiger partial charge in [0.15, 0.2) is 17.4 Å². The molecule has 284 valence electrons. The van der Waals surface area contributed by atoms with Crippen LogP contribution < -0.4 is 30.3 Å². The van der Waals surface area contributed by atoms with Crippen LogP contribution in [0.3, 0.4) is 0 Å². The highest BCUT2D eigenvalue weighted by Crippen LogP contribution is 2.44. The number of hydrogen-bond donors (Lipinski definition) is 1. The van der Waals surface area contributed by atoms with Crippen LogP contribution in [0.1, 0.15) is 43.6 Å². The summed E-state index contributed by atoms with van der Waals surface area (Å²) in [6.45, 7) is 9.08. The van der Waals surface area contributed by atoms with Gasteiger partial charge in [-0.2, -0.15) is 0 Å². The third-order valence-electron chi connectivity index (χ3n) is 11.4. The molecular formula is C46H41N7O4. The van der Waals surface area contributed by atoms with Crippen molar-refractivity contribution in [1.29, 1.82) is 0 Å². The van der Waals surface area contributed by atoms with Gasteiger partial charge in [0.25, 0.3) is 0 Å². The maximum Gasteiger partial charge on any atom is 0.246 e. The van der Waals surface area contributed by atoms with Crippen LogP contribution in [0.2, 0.25) is 0 Å². The first-order valence-corrected chi connectivity index (χ1v) is 19.3. The van der Waals surface area contributed by atoms with Crippen molar-refractivity contribution in [2.45, 2.75) is 39.8 Å². The van der Waals surface area contributed by atoms with Gasteiger partial charge < -0.3 is 19.1 Å². The molecule has 6 aromatic rings. The summed E-state index contributed by atoms with van der Waals surface area (Å²) in [6.07, 6.45) is 6.81. The Labute approximate surface area is 330 Å². The van der Waals surface area contributed by atoms with Gasteiger partial charge in [0.05, 0.1) is 37.4 Å². The van der Waals surface area contributed by atoms with E-state index < -0.39 is 11.5 Å². The molecule has 3 heterocycles. The summed E-state index contributed by atoms with van der Waals surface area (Å²) in [6, 6.07) is 29.5. The molecule has 9 rings (SSSR count). The molecule has 0 saturated heterocycles. The molecule has 11 heteroatoms. The number of aromatic nitrogens is 4. The fourth-order valence-corrected chi connectivity index (χ4v) is 8.66. The van der Waals surface area contributed by atoms with Gasteiger partial charge in [-0.25, -0.2) is 15.0 Å². The number of imidazole rings is 1. The Morgan fingerprint density at radius 2 is 1.65 bits per heavy atom. The van der Waals surface area contributed by atoms with Crippen LogP contribution in [-0.4, -0.2) is 56.8 Å². The summed E-state index contributed by atoms with van der Waals surface area (Å²) >= 11 is 0. The molecule has 1 N–H and O–H groups in total. The monoisotopic (exact) mass is 755 g/mol. The van der Waals surface area contributed by atoms with Gasteiger partial charge in [-0.3, -0.25) is 19.7 Å². The van der Waals surface area contributed by atoms with Gasteiger partial charge >= 0.3 is 0 Å². The number of ether oxygens (including phenoxy) is 1. The molecule has 2 aromatic heterocycles. The second kappa shape index (κ2) is 14.0. The summed E-state index contributed by atoms with van der Waals surface area (Å²) in [4.78, 5) is 59.9. The highest BCUT2D eigenvalue weighted by atomic mass is 16.5. The van der Waals surface area contributed by atoms with Crippen LogP contribution in [0.5, 0.6) is 5.75 Å². The normalized spacial score (nSPS) is 17.9. The molecular weight excluding hydrogens is 715 g/mol. The number of nitrogens with one attached hydrogen (secondary N) is 1. The van der Waals surface area contributed by atoms with E-state index in [-0.39, 0.29) is 30.7 Å². The summed E-state index contributed by atoms with van der Waals surface area (Å²) in [5, 5.41) is 4.79. The van der Waals surface area contributed by atoms with Crippen molar-refractivity contribution < 1.29 is 19.1 Å². The second-order valence-electron chi connectivity index (χ2n) is 14.7. The zero-order valence-corrected chi connectivity index (χ0v) is 32.2. The molecule has 0 fully saturated rings. The molecule has 0 saturated carbocycles. The lowest BCUT2D eigenvalue weighted by Gasteiger charge is -2.42. The number of fused-ring (bicyclic) bond motifs is 6. The van der Waals surface area contributed by atoms with E-state index >= 15 is 0 Å². The van der Waals surface area contributed by atoms with Crippen LogP contribution in [0, 0.1) is 5.92 Å². The zero-order chi connectivity index (χ0) is 39.4. The van der Waals surface area contributed by atoms with Crippen molar-refractivity contribution >= 4 is 47.1 Å². The first-order chi connectivity index (χ1) is 27.7. The summed E-state index contributed by atoms with van der Waals surface area (Å²) in [5.41, 5.74) is 6.25. The number of carbonyl (C=O) groups is 3. The molecule has 2 aliphatic carbocycles. The van der Waals surface area contributed by atoms with Crippen LogP contribution in [0.15, 0.2) is 104 Å². The Morgan fingerprint density at radius 3 is 2.40 bits per heavy atom. The van der Waals surface area contributed by atoms with Crippen molar-refractivity contribution in [3.8, 4) is 39.4 Å². The average molecular weight is 756 g/mol. The third-order valence-corrected chi connectivity index (χ3v) is 11.4. The van der Waals surface area contributed by atoms with E-state index in [9.17, 15) is 14.4 Å². The topological polar surface area (TPSA) is 123 Å². The predicted molar refractivity (Wildman–Crippen MR) is 221 cm³/mol. The number of carbonyl (C=O) groups excluding carboxylic acids is 3. The Hall–Kier alpha value is -6.88. The molecule has 0 spiro atoms. The summed E-state index contributed by atoms with van der Waals surface area (Å²) in [5.74, 6) is 0.947. The van der Waals surface area contributed by atoms with Crippen LogP contribution in [0.25, 0.3) is 45.8 Å². The van der Waals surface area contributed by atoms with Gasteiger partial charge in [-0.15, -0.1) is 0 Å². The Bertz CT molecular complexity index is 2730. The fraction of sp³-hybridized carbons (Fsp3) is 0.217. The number of hydrogen-bond acceptors (Lipinski definition) is 9. The standard InChI is InChI=1S/C46H41N7O4/c1-5-52-42(30-12-8-7-9-13-30)41(29-16-18-31(19-17-29)57-6-2)50-45(52)49-40(55)25-51-27-53(44-38(51)24-47-26-48-44)46(4)37-21-20-33-32-14-10-11-15-34(32)39(54)23-35(33)36(37)22-28(3)43(46)56/h7-24,26,28H,5-6,25,27H2,1-4H3,(H,49,50,55). The highest BCUT2D eigenvalue weighted by Gasteiger charge is 2.50. The maximum absolute atomic E-state index is 14.5. The SMILES string of the molecule is CCOc1ccc(-c2nc(NC(=O)CN3CN(C4(C)C(=O)C(C)C=c5c4ccc4c5=CC(=O)c5ccccc5-4)c4ncncc43)n(CC)c2-c2ccccc2)cc1. The minimum atomic E-state index is -1.17. The van der Waals surface area contributed by atoms with E-state index in [1.807, 2.05) is 139 Å². The van der Waals surface area contributed by atoms with Crippen LogP contribution >= 0.6 is 0 Å². The first kappa shape index (κ1) is 35.8. The minimum Gasteiger partial charge on any atom is -0.494 e. The molecule has 1 aliphatic heterocycles. The van der Waals surface area contributed by atoms with Crippen molar-refractivity contribution in [1.82, 2.24) is 19.5 Å². The van der Waals surface area contributed by atoms with E-state index in [2.05, 4.69) is 15.3 Å². The Morgan fingerprint density at radius 1 is 0.895 bits per heavy atom. The van der Waals surface area contributed by atoms with Crippen molar-refractivity contribution in [2.75, 3.05) is 34.9 Å². The smallest absolute Gasteiger partial charge is 0.246 e. The number of ketones is 2. The lowest BCUT2D eigenvalue weighted by atomic mass is 9.73. The van der Waals surface area contributed by atoms with Crippen LogP contribution in [0.4, 0.5) is 17.5 Å². The molecule has 4 aromatic carbocycles. The van der Waals surface area contributed by atoms with E-state index in [0.717, 1.165) is 55.4 Å². The van der Waals surface area contributed by atoms with Gasteiger partial charge in [-0.1, -0.05) is 79.7 Å². The van der Waals surface area contributed by atoms with Gasteiger partial charge in [0.1, 0.15) is 23.3 Å². The number of Topliss-reactive ketones (excluding diaryl/α,β-unsaturated/α-hetero) is 2. The van der Waals surface area contributed by atoms with Gasteiger partial charge in [-0.05, 0) is 78.2 Å². The van der Waals surface area contributed by atoms with Gasteiger partial charge in [0.2, 0.25) is 11.9 Å². The number of anilines is 3. The van der Waals surface area contributed by atoms with E-state index in [4.69, 9.17) is 9.72 Å². The van der Waals surface area contributed by atoms with E-state index in [1.165, 1.54) is 6.33 Å². The largest absolute Gasteiger partial charge is 0.494 e. The second-order valence-corrected chi connectivity index (χ2v) is 14.7. The quantitative estimate of drug-likeness (QED) is 0.184. The predicted octanol–water partition coefficient (Wildman–Crippen LogP) is 6.21. The lowest BCUT2D eigenvalue weighted by Crippen LogP contribution is -2.59. The molecule has 3 aliphatic rings. The molecule has 2 atom stereocenters. The van der Waals surface area contributed by atoms with E-state index in [0.29, 0.717) is 36.2 Å². The maximum atomic E-state index is 14.5. The number of nitrogens with zero attached hydrogens (tertiary/aromatic N) is 6. The average Bonchev–Trinajstić information content (AvgIpc) is 3.79. The van der Waals surface area contributed by atoms with Crippen LogP contribution in [-0.2, 0) is 21.7 Å². The minimum absolute atomic E-state index is 0.00594. The molecule has 0 radical (unpaired) electrons. The molecule has 57 heavy (non-hydrogen) atoms. The van der Waals surface area contributed by atoms with Crippen molar-refractivity contribution in [2.24, 2.45) is 5.92 Å². The summed E-state index contributed by atoms with van der Waals surface area (Å²) < 4.78 is 7.71. The lowest BCUT2D eigenvalue weighted by molar-refractivity contribution is -0.126. The highest BCUT2D eigenvalue weighted by molar-refractivity contribution is 6.22. The molecule has 0 bridgehead atoms. The number of amides is 1. The Kier molecular flexibility index (Phi) is 8.80. The number of benzene rings is 4. The van der Waals surface area contributed by atoms with E-state index in [1.54, 1.807) is 12.3 Å². The van der Waals surface area contributed by atoms with Crippen molar-refractivity contribution in [3.63, 3.8) is 0 Å².